The van der Waals surface area contributed by atoms with Gasteiger partial charge >= 0.3 is 5.69 Å². The normalized spacial score (nSPS) is 20.5. The summed E-state index contributed by atoms with van der Waals surface area (Å²) < 4.78 is 1.73. The van der Waals surface area contributed by atoms with Crippen molar-refractivity contribution in [2.24, 2.45) is 0 Å². The minimum atomic E-state index is -0.681. The van der Waals surface area contributed by atoms with Crippen LogP contribution >= 0.6 is 0 Å². The number of hydrogen-bond donors (Lipinski definition) is 4. The van der Waals surface area contributed by atoms with Gasteiger partial charge in [-0.3, -0.25) is 4.57 Å². The molecule has 29 heavy (non-hydrogen) atoms. The second-order valence-corrected chi connectivity index (χ2v) is 7.66. The van der Waals surface area contributed by atoms with Gasteiger partial charge < -0.3 is 20.4 Å². The van der Waals surface area contributed by atoms with Gasteiger partial charge in [0.05, 0.1) is 34.5 Å². The Bertz CT molecular complexity index is 1270. The van der Waals surface area contributed by atoms with Gasteiger partial charge in [0.1, 0.15) is 0 Å². The van der Waals surface area contributed by atoms with E-state index in [2.05, 4.69) is 45.4 Å². The van der Waals surface area contributed by atoms with Crippen molar-refractivity contribution in [2.45, 2.75) is 38.1 Å². The quantitative estimate of drug-likeness (QED) is 0.431. The number of imidazole rings is 2. The number of rotatable bonds is 4. The molecule has 1 aliphatic rings. The molecule has 5 rings (SSSR count). The van der Waals surface area contributed by atoms with Crippen molar-refractivity contribution in [1.29, 1.82) is 0 Å². The Labute approximate surface area is 167 Å². The monoisotopic (exact) mass is 389 g/mol. The summed E-state index contributed by atoms with van der Waals surface area (Å²) in [5.74, 6) is 0. The first kappa shape index (κ1) is 17.9. The van der Waals surface area contributed by atoms with Gasteiger partial charge in [-0.2, -0.15) is 0 Å². The van der Waals surface area contributed by atoms with Crippen LogP contribution in [0.4, 0.5) is 0 Å². The Morgan fingerprint density at radius 3 is 3.10 bits per heavy atom. The molecule has 2 aromatic carbocycles. The van der Waals surface area contributed by atoms with Crippen molar-refractivity contribution in [3.05, 3.63) is 70.4 Å². The fraction of sp³-hybridized carbons (Fsp3) is 0.273. The second kappa shape index (κ2) is 7.02. The van der Waals surface area contributed by atoms with Gasteiger partial charge in [0.2, 0.25) is 0 Å². The summed E-state index contributed by atoms with van der Waals surface area (Å²) in [7, 11) is 0. The van der Waals surface area contributed by atoms with Crippen molar-refractivity contribution >= 4 is 28.1 Å². The molecular weight excluding hydrogens is 366 g/mol. The largest absolute Gasteiger partial charge is 0.387 e. The van der Waals surface area contributed by atoms with Gasteiger partial charge in [-0.25, -0.2) is 9.78 Å². The predicted molar refractivity (Wildman–Crippen MR) is 114 cm³/mol. The van der Waals surface area contributed by atoms with E-state index in [-0.39, 0.29) is 17.8 Å². The van der Waals surface area contributed by atoms with Crippen LogP contribution in [-0.2, 0) is 6.54 Å². The average molecular weight is 389 g/mol. The molecule has 0 aliphatic carbocycles. The lowest BCUT2D eigenvalue weighted by atomic mass is 9.99. The molecule has 148 valence electrons. The molecule has 0 spiro atoms. The van der Waals surface area contributed by atoms with Crippen molar-refractivity contribution in [1.82, 2.24) is 24.8 Å². The van der Waals surface area contributed by atoms with E-state index >= 15 is 0 Å². The number of aromatic amines is 2. The topological polar surface area (TPSA) is 98.7 Å². The number of benzene rings is 2. The van der Waals surface area contributed by atoms with Crippen LogP contribution in [0.5, 0.6) is 0 Å². The van der Waals surface area contributed by atoms with Crippen LogP contribution in [0.3, 0.4) is 0 Å². The Balaban J connectivity index is 1.35. The molecule has 0 radical (unpaired) electrons. The number of hydrogen-bond acceptors (Lipinski definition) is 4. The second-order valence-electron chi connectivity index (χ2n) is 7.66. The molecule has 0 saturated heterocycles. The summed E-state index contributed by atoms with van der Waals surface area (Å²) in [5, 5.41) is 14.5. The molecule has 4 aromatic rings. The molecule has 1 unspecified atom stereocenters. The van der Waals surface area contributed by atoms with Gasteiger partial charge in [-0.15, -0.1) is 0 Å². The van der Waals surface area contributed by atoms with Crippen LogP contribution in [-0.4, -0.2) is 36.7 Å². The maximum atomic E-state index is 12.3. The highest BCUT2D eigenvalue weighted by Crippen LogP contribution is 2.29. The fourth-order valence-corrected chi connectivity index (χ4v) is 4.22. The zero-order valence-electron chi connectivity index (χ0n) is 16.1. The predicted octanol–water partition coefficient (Wildman–Crippen LogP) is 2.70. The van der Waals surface area contributed by atoms with E-state index in [9.17, 15) is 9.90 Å². The number of aliphatic hydroxyl groups excluding tert-OH is 1. The van der Waals surface area contributed by atoms with Crippen molar-refractivity contribution in [2.75, 3.05) is 0 Å². The number of aliphatic hydroxyl groups is 1. The lowest BCUT2D eigenvalue weighted by Gasteiger charge is -2.25. The summed E-state index contributed by atoms with van der Waals surface area (Å²) >= 11 is 0. The van der Waals surface area contributed by atoms with Gasteiger partial charge in [-0.05, 0) is 37.1 Å². The highest BCUT2D eigenvalue weighted by Gasteiger charge is 2.28. The maximum absolute atomic E-state index is 12.3. The fourth-order valence-electron chi connectivity index (χ4n) is 4.22. The third kappa shape index (κ3) is 3.18. The lowest BCUT2D eigenvalue weighted by Crippen LogP contribution is -2.40. The number of H-pyrrole nitrogens is 2. The van der Waals surface area contributed by atoms with E-state index in [4.69, 9.17) is 0 Å². The first-order valence-corrected chi connectivity index (χ1v) is 9.87. The molecule has 0 fully saturated rings. The zero-order chi connectivity index (χ0) is 20.0. The molecule has 0 saturated carbocycles. The molecular formula is C22H23N5O2. The summed E-state index contributed by atoms with van der Waals surface area (Å²) in [5.41, 5.74) is 5.29. The van der Waals surface area contributed by atoms with Crippen LogP contribution in [0.15, 0.2) is 53.6 Å². The van der Waals surface area contributed by atoms with E-state index in [1.54, 1.807) is 10.9 Å². The summed E-state index contributed by atoms with van der Waals surface area (Å²) in [4.78, 5) is 22.5. The number of fused-ring (bicyclic) bond motifs is 1. The van der Waals surface area contributed by atoms with Crippen molar-refractivity contribution < 1.29 is 5.11 Å². The van der Waals surface area contributed by atoms with Gasteiger partial charge in [0.15, 0.2) is 0 Å². The maximum Gasteiger partial charge on any atom is 0.326 e. The van der Waals surface area contributed by atoms with Crippen molar-refractivity contribution in [3.8, 4) is 0 Å². The number of aryl methyl sites for hydroxylation is 1. The lowest BCUT2D eigenvalue weighted by molar-refractivity contribution is 0.122. The number of aromatic nitrogens is 4. The highest BCUT2D eigenvalue weighted by molar-refractivity contribution is 5.80. The van der Waals surface area contributed by atoms with Gasteiger partial charge in [0, 0.05) is 24.2 Å². The van der Waals surface area contributed by atoms with E-state index in [1.807, 2.05) is 30.3 Å². The number of nitrogens with zero attached hydrogens (tertiary/aromatic N) is 2. The molecule has 3 atom stereocenters. The van der Waals surface area contributed by atoms with E-state index in [1.165, 1.54) is 0 Å². The Kier molecular flexibility index (Phi) is 4.34. The molecule has 7 nitrogen and oxygen atoms in total. The summed E-state index contributed by atoms with van der Waals surface area (Å²) in [6, 6.07) is 11.6. The first-order valence-electron chi connectivity index (χ1n) is 9.87. The van der Waals surface area contributed by atoms with E-state index in [0.717, 1.165) is 33.2 Å². The zero-order valence-corrected chi connectivity index (χ0v) is 16.1. The molecule has 3 heterocycles. The van der Waals surface area contributed by atoms with Gasteiger partial charge in [-0.1, -0.05) is 30.4 Å². The van der Waals surface area contributed by atoms with Crippen LogP contribution in [0, 0.1) is 0 Å². The number of para-hydroxylation sites is 1. The molecule has 2 aromatic heterocycles. The Morgan fingerprint density at radius 1 is 1.31 bits per heavy atom. The average Bonchev–Trinajstić information content (AvgIpc) is 3.28. The summed E-state index contributed by atoms with van der Waals surface area (Å²) in [6.07, 6.45) is 5.83. The van der Waals surface area contributed by atoms with Crippen LogP contribution < -0.4 is 11.0 Å². The highest BCUT2D eigenvalue weighted by atomic mass is 16.3. The standard InChI is InChI=1S/C22H23N5O2/c1-13(5-6-14-7-8-16-19(11-14)24-12-23-16)25-18-9-10-27-20-15(21(18)28)3-2-4-17(20)26-22(27)29/h2-8,11-13,18,21,25,28H,9-10H2,1H3,(H,23,24)(H,26,29)/t13?,18-,21-/m1/s1. The third-order valence-electron chi connectivity index (χ3n) is 5.69. The van der Waals surface area contributed by atoms with Crippen LogP contribution in [0.25, 0.3) is 28.1 Å². The van der Waals surface area contributed by atoms with E-state index in [0.29, 0.717) is 13.0 Å². The first-order chi connectivity index (χ1) is 14.1. The molecule has 0 bridgehead atoms. The Hall–Kier alpha value is -3.16. The van der Waals surface area contributed by atoms with Gasteiger partial charge in [0.25, 0.3) is 0 Å². The molecule has 7 heteroatoms. The molecule has 4 N–H and O–H groups in total. The van der Waals surface area contributed by atoms with Crippen LogP contribution in [0.2, 0.25) is 0 Å². The van der Waals surface area contributed by atoms with Crippen LogP contribution in [0.1, 0.15) is 30.6 Å². The minimum Gasteiger partial charge on any atom is -0.387 e. The smallest absolute Gasteiger partial charge is 0.326 e. The SMILES string of the molecule is CC(C=Cc1ccc2nc[nH]c2c1)N[C@@H]1CCn2c(=O)[nH]c3cccc(c32)[C@H]1O. The summed E-state index contributed by atoms with van der Waals surface area (Å²) in [6.45, 7) is 2.63. The molecule has 1 aliphatic heterocycles. The third-order valence-corrected chi connectivity index (χ3v) is 5.69. The van der Waals surface area contributed by atoms with E-state index < -0.39 is 6.10 Å². The Morgan fingerprint density at radius 2 is 2.21 bits per heavy atom. The van der Waals surface area contributed by atoms with Crippen molar-refractivity contribution in [3.63, 3.8) is 0 Å². The minimum absolute atomic E-state index is 0.0575. The number of nitrogens with one attached hydrogen (secondary N) is 3. The molecule has 0 amide bonds.